The molecular weight excluding hydrogens is 295 g/mol. The summed E-state index contributed by atoms with van der Waals surface area (Å²) in [6.45, 7) is 3.70. The van der Waals surface area contributed by atoms with Crippen LogP contribution < -0.4 is 56.7 Å². The third-order valence-electron chi connectivity index (χ3n) is 2.68. The summed E-state index contributed by atoms with van der Waals surface area (Å²) in [7, 11) is -4.29. The summed E-state index contributed by atoms with van der Waals surface area (Å²) in [6.07, 6.45) is 0.779. The van der Waals surface area contributed by atoms with Crippen LogP contribution in [0.4, 0.5) is 0 Å². The summed E-state index contributed by atoms with van der Waals surface area (Å²) >= 11 is 0. The monoisotopic (exact) mass is 310 g/mol. The van der Waals surface area contributed by atoms with Gasteiger partial charge >= 0.3 is 51.4 Å². The summed E-state index contributed by atoms with van der Waals surface area (Å²) in [6, 6.07) is 1.83. The van der Waals surface area contributed by atoms with Gasteiger partial charge in [0.05, 0.1) is 15.9 Å². The Balaban J connectivity index is 0.00000324. The molecule has 0 aliphatic heterocycles. The van der Waals surface area contributed by atoms with Gasteiger partial charge in [0, 0.05) is 18.7 Å². The Kier molecular flexibility index (Phi) is 7.41. The maximum Gasteiger partial charge on any atom is 1.00 e. The standard InChI is InChI=1S/C11H16N2O4S.K/c1-11(2)5-9(8(7-12)10(14)6-11)13-3-4-18(15,16)17;/h13H,3-6H2,1-2H3,(H,15,16,17);/q;+1/p-1. The van der Waals surface area contributed by atoms with Crippen molar-refractivity contribution in [3.8, 4) is 6.07 Å². The minimum Gasteiger partial charge on any atom is -0.748 e. The molecule has 8 heteroatoms. The molecule has 1 rings (SSSR count). The second kappa shape index (κ2) is 7.31. The second-order valence-electron chi connectivity index (χ2n) is 5.09. The Labute approximate surface area is 155 Å². The van der Waals surface area contributed by atoms with E-state index < -0.39 is 15.9 Å². The van der Waals surface area contributed by atoms with E-state index in [-0.39, 0.29) is 74.7 Å². The number of ketones is 1. The van der Waals surface area contributed by atoms with Crippen molar-refractivity contribution >= 4 is 15.9 Å². The van der Waals surface area contributed by atoms with E-state index in [0.717, 1.165) is 0 Å². The van der Waals surface area contributed by atoms with E-state index >= 15 is 0 Å². The summed E-state index contributed by atoms with van der Waals surface area (Å²) < 4.78 is 31.4. The molecule has 6 nitrogen and oxygen atoms in total. The van der Waals surface area contributed by atoms with Gasteiger partial charge in [0.1, 0.15) is 11.6 Å². The Morgan fingerprint density at radius 1 is 1.42 bits per heavy atom. The first-order valence-electron chi connectivity index (χ1n) is 5.48. The van der Waals surface area contributed by atoms with Crippen LogP contribution in [-0.2, 0) is 14.9 Å². The smallest absolute Gasteiger partial charge is 0.748 e. The number of hydrogen-bond donors (Lipinski definition) is 1. The fourth-order valence-electron chi connectivity index (χ4n) is 1.93. The number of Topliss-reactive ketones (excluding diaryl/α,β-unsaturated/α-hetero) is 1. The minimum atomic E-state index is -4.29. The Bertz CT molecular complexity index is 531. The molecule has 0 atom stereocenters. The van der Waals surface area contributed by atoms with E-state index in [0.29, 0.717) is 18.5 Å². The predicted octanol–water partition coefficient (Wildman–Crippen LogP) is -2.71. The van der Waals surface area contributed by atoms with Crippen molar-refractivity contribution in [1.29, 1.82) is 5.26 Å². The van der Waals surface area contributed by atoms with Crippen molar-refractivity contribution in [2.24, 2.45) is 5.41 Å². The van der Waals surface area contributed by atoms with Gasteiger partial charge in [-0.25, -0.2) is 8.42 Å². The summed E-state index contributed by atoms with van der Waals surface area (Å²) in [5.41, 5.74) is 0.204. The van der Waals surface area contributed by atoms with Gasteiger partial charge in [0.15, 0.2) is 5.78 Å². The molecule has 0 fully saturated rings. The van der Waals surface area contributed by atoms with Crippen LogP contribution in [0.2, 0.25) is 0 Å². The van der Waals surface area contributed by atoms with Crippen LogP contribution in [0.25, 0.3) is 0 Å². The Hall–Kier alpha value is 0.246. The van der Waals surface area contributed by atoms with Gasteiger partial charge in [0.2, 0.25) is 0 Å². The third kappa shape index (κ3) is 6.49. The SMILES string of the molecule is CC1(C)CC(=O)C(C#N)=C(NCCS(=O)(=O)[O-])C1.[K+]. The predicted molar refractivity (Wildman–Crippen MR) is 63.2 cm³/mol. The minimum absolute atomic E-state index is 0. The van der Waals surface area contributed by atoms with E-state index in [1.54, 1.807) is 0 Å². The topological polar surface area (TPSA) is 110 Å². The second-order valence-corrected chi connectivity index (χ2v) is 6.62. The average molecular weight is 310 g/mol. The molecule has 0 heterocycles. The molecule has 1 N–H and O–H groups in total. The molecule has 0 bridgehead atoms. The van der Waals surface area contributed by atoms with Crippen molar-refractivity contribution in [1.82, 2.24) is 5.32 Å². The van der Waals surface area contributed by atoms with Gasteiger partial charge in [-0.3, -0.25) is 4.79 Å². The molecule has 1 aliphatic carbocycles. The number of rotatable bonds is 4. The molecule has 0 saturated heterocycles. The Morgan fingerprint density at radius 3 is 2.47 bits per heavy atom. The molecule has 0 aromatic heterocycles. The molecule has 0 aromatic carbocycles. The van der Waals surface area contributed by atoms with Gasteiger partial charge in [0.25, 0.3) is 0 Å². The summed E-state index contributed by atoms with van der Waals surface area (Å²) in [4.78, 5) is 11.7. The quantitative estimate of drug-likeness (QED) is 0.447. The van der Waals surface area contributed by atoms with Crippen LogP contribution in [0, 0.1) is 16.7 Å². The first kappa shape index (κ1) is 19.2. The number of nitrogens with zero attached hydrogens (tertiary/aromatic N) is 1. The Morgan fingerprint density at radius 2 is 2.00 bits per heavy atom. The van der Waals surface area contributed by atoms with Gasteiger partial charge in [-0.05, 0) is 11.8 Å². The molecule has 0 radical (unpaired) electrons. The zero-order chi connectivity index (χ0) is 14.0. The van der Waals surface area contributed by atoms with Crippen molar-refractivity contribution in [3.63, 3.8) is 0 Å². The summed E-state index contributed by atoms with van der Waals surface area (Å²) in [5, 5.41) is 11.6. The van der Waals surface area contributed by atoms with Crippen molar-refractivity contribution in [2.75, 3.05) is 12.3 Å². The van der Waals surface area contributed by atoms with Crippen molar-refractivity contribution < 1.29 is 69.1 Å². The normalized spacial score (nSPS) is 18.5. The molecule has 0 unspecified atom stereocenters. The number of carbonyl (C=O) groups excluding carboxylic acids is 1. The van der Waals surface area contributed by atoms with E-state index in [9.17, 15) is 17.8 Å². The molecule has 0 spiro atoms. The van der Waals surface area contributed by atoms with Gasteiger partial charge < -0.3 is 9.87 Å². The van der Waals surface area contributed by atoms with Crippen LogP contribution >= 0.6 is 0 Å². The van der Waals surface area contributed by atoms with Crippen LogP contribution in [0.1, 0.15) is 26.7 Å². The molecule has 0 aromatic rings. The number of hydrogen-bond acceptors (Lipinski definition) is 6. The maximum atomic E-state index is 11.7. The maximum absolute atomic E-state index is 11.7. The van der Waals surface area contributed by atoms with Crippen molar-refractivity contribution in [3.05, 3.63) is 11.3 Å². The van der Waals surface area contributed by atoms with E-state index in [2.05, 4.69) is 5.32 Å². The number of nitriles is 1. The molecule has 100 valence electrons. The van der Waals surface area contributed by atoms with Gasteiger partial charge in [-0.1, -0.05) is 13.8 Å². The van der Waals surface area contributed by atoms with Crippen LogP contribution in [-0.4, -0.2) is 31.1 Å². The van der Waals surface area contributed by atoms with Gasteiger partial charge in [-0.2, -0.15) is 5.26 Å². The number of allylic oxidation sites excluding steroid dienone is 2. The van der Waals surface area contributed by atoms with E-state index in [1.165, 1.54) is 0 Å². The fraction of sp³-hybridized carbons (Fsp3) is 0.636. The fourth-order valence-corrected chi connectivity index (χ4v) is 2.28. The van der Waals surface area contributed by atoms with Crippen LogP contribution in [0.5, 0.6) is 0 Å². The average Bonchev–Trinajstić information content (AvgIpc) is 2.13. The zero-order valence-corrected chi connectivity index (χ0v) is 15.3. The van der Waals surface area contributed by atoms with Crippen LogP contribution in [0.15, 0.2) is 11.3 Å². The first-order valence-corrected chi connectivity index (χ1v) is 7.06. The van der Waals surface area contributed by atoms with Gasteiger partial charge in [-0.15, -0.1) is 0 Å². The summed E-state index contributed by atoms with van der Waals surface area (Å²) in [5.74, 6) is -0.815. The largest absolute Gasteiger partial charge is 1.00 e. The molecule has 1 aliphatic rings. The van der Waals surface area contributed by atoms with Crippen LogP contribution in [0.3, 0.4) is 0 Å². The van der Waals surface area contributed by atoms with E-state index in [4.69, 9.17) is 5.26 Å². The number of carbonyl (C=O) groups is 1. The molecule has 19 heavy (non-hydrogen) atoms. The molecular formula is C11H15KN2O4S. The number of nitrogens with one attached hydrogen (secondary N) is 1. The molecule has 0 amide bonds. The first-order chi connectivity index (χ1) is 8.14. The molecule has 0 saturated carbocycles. The zero-order valence-electron chi connectivity index (χ0n) is 11.3. The van der Waals surface area contributed by atoms with Crippen molar-refractivity contribution in [2.45, 2.75) is 26.7 Å². The third-order valence-corrected chi connectivity index (χ3v) is 3.38. The van der Waals surface area contributed by atoms with E-state index in [1.807, 2.05) is 19.9 Å².